The summed E-state index contributed by atoms with van der Waals surface area (Å²) in [6.07, 6.45) is 5.67. The summed E-state index contributed by atoms with van der Waals surface area (Å²) in [5.74, 6) is 0.869. The summed E-state index contributed by atoms with van der Waals surface area (Å²) >= 11 is 0. The van der Waals surface area contributed by atoms with Gasteiger partial charge in [0, 0.05) is 25.0 Å². The number of benzene rings is 1. The zero-order chi connectivity index (χ0) is 17.6. The molecule has 0 aliphatic carbocycles. The predicted octanol–water partition coefficient (Wildman–Crippen LogP) is 3.22. The lowest BCUT2D eigenvalue weighted by Gasteiger charge is -2.27. The lowest BCUT2D eigenvalue weighted by molar-refractivity contribution is 0.188. The Kier molecular flexibility index (Phi) is 5.58. The predicted molar refractivity (Wildman–Crippen MR) is 96.5 cm³/mol. The Labute approximate surface area is 148 Å². The summed E-state index contributed by atoms with van der Waals surface area (Å²) < 4.78 is 7.33. The number of carbonyl (C=O) groups is 1. The number of hydrogen-bond acceptors (Lipinski definition) is 3. The van der Waals surface area contributed by atoms with E-state index < -0.39 is 0 Å². The standard InChI is InChI=1S/C19H26N4O2/c1-3-25-17-9-7-16(8-10-17)18-6-4-13-23(18)19(24)21-15(2)14-22-12-5-11-20-22/h5,7-12,15,18H,3-4,6,13-14H2,1-2H3,(H,21,24). The molecule has 3 rings (SSSR count). The fourth-order valence-corrected chi connectivity index (χ4v) is 3.34. The zero-order valence-electron chi connectivity index (χ0n) is 14.9. The van der Waals surface area contributed by atoms with Crippen LogP contribution in [-0.2, 0) is 6.54 Å². The Hall–Kier alpha value is -2.50. The van der Waals surface area contributed by atoms with Crippen LogP contribution in [0.5, 0.6) is 5.75 Å². The third-order valence-corrected chi connectivity index (χ3v) is 4.48. The first kappa shape index (κ1) is 17.3. The Morgan fingerprint density at radius 2 is 2.20 bits per heavy atom. The number of rotatable bonds is 6. The number of hydrogen-bond donors (Lipinski definition) is 1. The molecule has 1 saturated heterocycles. The van der Waals surface area contributed by atoms with Gasteiger partial charge in [0.15, 0.2) is 0 Å². The maximum Gasteiger partial charge on any atom is 0.318 e. The average molecular weight is 342 g/mol. The molecule has 1 aromatic carbocycles. The first-order valence-electron chi connectivity index (χ1n) is 8.94. The molecule has 1 fully saturated rings. The topological polar surface area (TPSA) is 59.4 Å². The fraction of sp³-hybridized carbons (Fsp3) is 0.474. The molecule has 134 valence electrons. The molecular formula is C19H26N4O2. The lowest BCUT2D eigenvalue weighted by atomic mass is 10.0. The molecule has 2 atom stereocenters. The van der Waals surface area contributed by atoms with Gasteiger partial charge in [-0.1, -0.05) is 12.1 Å². The molecule has 0 spiro atoms. The fourth-order valence-electron chi connectivity index (χ4n) is 3.34. The van der Waals surface area contributed by atoms with Crippen LogP contribution in [0.15, 0.2) is 42.7 Å². The number of carbonyl (C=O) groups excluding carboxylic acids is 1. The Morgan fingerprint density at radius 1 is 1.40 bits per heavy atom. The maximum atomic E-state index is 12.7. The third-order valence-electron chi connectivity index (χ3n) is 4.48. The van der Waals surface area contributed by atoms with Gasteiger partial charge in [0.1, 0.15) is 5.75 Å². The third kappa shape index (κ3) is 4.32. The second kappa shape index (κ2) is 8.05. The number of urea groups is 1. The highest BCUT2D eigenvalue weighted by atomic mass is 16.5. The van der Waals surface area contributed by atoms with Gasteiger partial charge >= 0.3 is 6.03 Å². The van der Waals surface area contributed by atoms with Gasteiger partial charge in [-0.2, -0.15) is 5.10 Å². The highest BCUT2D eigenvalue weighted by Crippen LogP contribution is 2.32. The summed E-state index contributed by atoms with van der Waals surface area (Å²) in [5.41, 5.74) is 1.16. The van der Waals surface area contributed by atoms with E-state index in [2.05, 4.69) is 22.5 Å². The van der Waals surface area contributed by atoms with Crippen LogP contribution in [0, 0.1) is 0 Å². The van der Waals surface area contributed by atoms with Crippen molar-refractivity contribution in [3.8, 4) is 5.75 Å². The molecule has 2 aromatic rings. The molecule has 1 aliphatic heterocycles. The Morgan fingerprint density at radius 3 is 2.88 bits per heavy atom. The van der Waals surface area contributed by atoms with E-state index >= 15 is 0 Å². The van der Waals surface area contributed by atoms with Gasteiger partial charge in [-0.3, -0.25) is 4.68 Å². The number of aromatic nitrogens is 2. The van der Waals surface area contributed by atoms with Gasteiger partial charge in [-0.25, -0.2) is 4.79 Å². The number of nitrogens with zero attached hydrogens (tertiary/aromatic N) is 3. The highest BCUT2D eigenvalue weighted by molar-refractivity contribution is 5.75. The average Bonchev–Trinajstić information content (AvgIpc) is 3.27. The lowest BCUT2D eigenvalue weighted by Crippen LogP contribution is -2.44. The normalized spacial score (nSPS) is 18.2. The van der Waals surface area contributed by atoms with Gasteiger partial charge in [0.2, 0.25) is 0 Å². The number of likely N-dealkylation sites (tertiary alicyclic amines) is 1. The molecule has 0 saturated carbocycles. The molecule has 2 heterocycles. The minimum Gasteiger partial charge on any atom is -0.494 e. The second-order valence-electron chi connectivity index (χ2n) is 6.43. The van der Waals surface area contributed by atoms with Crippen molar-refractivity contribution in [1.82, 2.24) is 20.0 Å². The molecule has 1 N–H and O–H groups in total. The quantitative estimate of drug-likeness (QED) is 0.877. The van der Waals surface area contributed by atoms with Crippen LogP contribution in [0.3, 0.4) is 0 Å². The smallest absolute Gasteiger partial charge is 0.318 e. The van der Waals surface area contributed by atoms with Crippen molar-refractivity contribution in [3.05, 3.63) is 48.3 Å². The van der Waals surface area contributed by atoms with E-state index in [1.807, 2.05) is 47.8 Å². The number of amides is 2. The molecule has 6 heteroatoms. The molecular weight excluding hydrogens is 316 g/mol. The molecule has 2 amide bonds. The SMILES string of the molecule is CCOc1ccc(C2CCCN2C(=O)NC(C)Cn2cccn2)cc1. The van der Waals surface area contributed by atoms with E-state index in [1.54, 1.807) is 6.20 Å². The van der Waals surface area contributed by atoms with Gasteiger partial charge in [-0.05, 0) is 50.5 Å². The largest absolute Gasteiger partial charge is 0.494 e. The number of nitrogens with one attached hydrogen (secondary N) is 1. The first-order valence-corrected chi connectivity index (χ1v) is 8.94. The summed E-state index contributed by atoms with van der Waals surface area (Å²) in [6.45, 7) is 6.09. The zero-order valence-corrected chi connectivity index (χ0v) is 14.9. The highest BCUT2D eigenvalue weighted by Gasteiger charge is 2.30. The van der Waals surface area contributed by atoms with Gasteiger partial charge in [0.05, 0.1) is 19.2 Å². The maximum absolute atomic E-state index is 12.7. The van der Waals surface area contributed by atoms with E-state index in [0.29, 0.717) is 13.2 Å². The molecule has 1 aromatic heterocycles. The van der Waals surface area contributed by atoms with E-state index in [0.717, 1.165) is 30.7 Å². The van der Waals surface area contributed by atoms with Crippen molar-refractivity contribution in [2.24, 2.45) is 0 Å². The van der Waals surface area contributed by atoms with E-state index in [-0.39, 0.29) is 18.1 Å². The molecule has 2 unspecified atom stereocenters. The van der Waals surface area contributed by atoms with Crippen LogP contribution >= 0.6 is 0 Å². The van der Waals surface area contributed by atoms with E-state index in [9.17, 15) is 4.79 Å². The van der Waals surface area contributed by atoms with Crippen molar-refractivity contribution in [1.29, 1.82) is 0 Å². The molecule has 1 aliphatic rings. The number of ether oxygens (including phenoxy) is 1. The van der Waals surface area contributed by atoms with Crippen LogP contribution in [-0.4, -0.2) is 39.9 Å². The van der Waals surface area contributed by atoms with Crippen LogP contribution in [0.4, 0.5) is 4.79 Å². The Bertz CT molecular complexity index is 669. The summed E-state index contributed by atoms with van der Waals surface area (Å²) in [6, 6.07) is 10.1. The van der Waals surface area contributed by atoms with Crippen LogP contribution < -0.4 is 10.1 Å². The van der Waals surface area contributed by atoms with E-state index in [1.165, 1.54) is 0 Å². The van der Waals surface area contributed by atoms with Crippen molar-refractivity contribution in [3.63, 3.8) is 0 Å². The van der Waals surface area contributed by atoms with Gasteiger partial charge in [-0.15, -0.1) is 0 Å². The molecule has 6 nitrogen and oxygen atoms in total. The Balaban J connectivity index is 1.61. The first-order chi connectivity index (χ1) is 12.2. The van der Waals surface area contributed by atoms with Crippen LogP contribution in [0.2, 0.25) is 0 Å². The molecule has 0 bridgehead atoms. The van der Waals surface area contributed by atoms with Gasteiger partial charge < -0.3 is 15.0 Å². The monoisotopic (exact) mass is 342 g/mol. The van der Waals surface area contributed by atoms with Crippen LogP contribution in [0.1, 0.15) is 38.3 Å². The second-order valence-corrected chi connectivity index (χ2v) is 6.43. The van der Waals surface area contributed by atoms with Crippen molar-refractivity contribution in [2.75, 3.05) is 13.2 Å². The minimum atomic E-state index is -0.00367. The van der Waals surface area contributed by atoms with Crippen LogP contribution in [0.25, 0.3) is 0 Å². The summed E-state index contributed by atoms with van der Waals surface area (Å²) in [7, 11) is 0. The minimum absolute atomic E-state index is 0.00367. The molecule has 25 heavy (non-hydrogen) atoms. The summed E-state index contributed by atoms with van der Waals surface area (Å²) in [5, 5.41) is 7.28. The van der Waals surface area contributed by atoms with E-state index in [4.69, 9.17) is 4.74 Å². The van der Waals surface area contributed by atoms with Crippen molar-refractivity contribution < 1.29 is 9.53 Å². The van der Waals surface area contributed by atoms with Crippen molar-refractivity contribution >= 4 is 6.03 Å². The summed E-state index contributed by atoms with van der Waals surface area (Å²) in [4.78, 5) is 14.6. The molecule has 0 radical (unpaired) electrons. The van der Waals surface area contributed by atoms with Crippen molar-refractivity contribution in [2.45, 2.75) is 45.3 Å². The van der Waals surface area contributed by atoms with Gasteiger partial charge in [0.25, 0.3) is 0 Å².